The van der Waals surface area contributed by atoms with Crippen LogP contribution in [0.1, 0.15) is 22.7 Å². The number of rotatable bonds is 4. The summed E-state index contributed by atoms with van der Waals surface area (Å²) in [5.41, 5.74) is 3.62. The van der Waals surface area contributed by atoms with Crippen LogP contribution in [-0.4, -0.2) is 22.0 Å². The lowest BCUT2D eigenvalue weighted by atomic mass is 9.78. The van der Waals surface area contributed by atoms with Crippen LogP contribution in [0.2, 0.25) is 0 Å². The molecule has 0 radical (unpaired) electrons. The van der Waals surface area contributed by atoms with E-state index in [0.29, 0.717) is 23.8 Å². The van der Waals surface area contributed by atoms with Gasteiger partial charge in [0.1, 0.15) is 5.65 Å². The lowest BCUT2D eigenvalue weighted by molar-refractivity contribution is 0.239. The molecular formula is C19H18N4O2. The highest BCUT2D eigenvalue weighted by molar-refractivity contribution is 5.74. The Balaban J connectivity index is 1.33. The van der Waals surface area contributed by atoms with Gasteiger partial charge < -0.3 is 10.6 Å². The third kappa shape index (κ3) is 3.10. The fraction of sp³-hybridized carbons (Fsp3) is 0.211. The first-order valence-electron chi connectivity index (χ1n) is 8.27. The molecule has 2 aromatic heterocycles. The molecule has 2 heterocycles. The topological polar surface area (TPSA) is 75.5 Å². The number of hydrogen-bond acceptors (Lipinski definition) is 3. The van der Waals surface area contributed by atoms with Gasteiger partial charge in [0.05, 0.1) is 12.2 Å². The smallest absolute Gasteiger partial charge is 0.315 e. The fourth-order valence-electron chi connectivity index (χ4n) is 3.19. The standard InChI is InChI=1S/C19H18N4O2/c24-18-10-15(22-17-7-3-4-8-23(17)18)12-21-19(25)20-11-14-9-13-5-1-2-6-16(13)14/h1-8,10,14H,9,11-12H2,(H2,20,21,25). The Morgan fingerprint density at radius 2 is 2.00 bits per heavy atom. The van der Waals surface area contributed by atoms with Crippen molar-refractivity contribution in [2.75, 3.05) is 6.54 Å². The van der Waals surface area contributed by atoms with Crippen LogP contribution in [-0.2, 0) is 13.0 Å². The van der Waals surface area contributed by atoms with Gasteiger partial charge in [-0.2, -0.15) is 0 Å². The van der Waals surface area contributed by atoms with E-state index in [1.807, 2.05) is 18.2 Å². The number of hydrogen-bond donors (Lipinski definition) is 2. The van der Waals surface area contributed by atoms with Crippen molar-refractivity contribution < 1.29 is 4.79 Å². The molecular weight excluding hydrogens is 316 g/mol. The van der Waals surface area contributed by atoms with E-state index in [2.05, 4.69) is 27.8 Å². The molecule has 0 fully saturated rings. The van der Waals surface area contributed by atoms with Crippen LogP contribution in [0.25, 0.3) is 5.65 Å². The average Bonchev–Trinajstić information content (AvgIpc) is 2.61. The highest BCUT2D eigenvalue weighted by Gasteiger charge is 2.25. The lowest BCUT2D eigenvalue weighted by Gasteiger charge is -2.30. The maximum Gasteiger partial charge on any atom is 0.315 e. The number of fused-ring (bicyclic) bond motifs is 2. The van der Waals surface area contributed by atoms with Crippen LogP contribution in [0, 0.1) is 0 Å². The summed E-state index contributed by atoms with van der Waals surface area (Å²) in [6.45, 7) is 0.824. The summed E-state index contributed by atoms with van der Waals surface area (Å²) in [7, 11) is 0. The molecule has 6 nitrogen and oxygen atoms in total. The number of nitrogens with zero attached hydrogens (tertiary/aromatic N) is 2. The van der Waals surface area contributed by atoms with E-state index in [-0.39, 0.29) is 18.1 Å². The normalized spacial score (nSPS) is 15.3. The molecule has 3 aromatic rings. The third-order valence-corrected chi connectivity index (χ3v) is 4.52. The zero-order chi connectivity index (χ0) is 17.2. The highest BCUT2D eigenvalue weighted by atomic mass is 16.2. The first kappa shape index (κ1) is 15.4. The molecule has 126 valence electrons. The number of pyridine rings is 1. The van der Waals surface area contributed by atoms with E-state index >= 15 is 0 Å². The Bertz CT molecular complexity index is 996. The zero-order valence-electron chi connectivity index (χ0n) is 13.6. The van der Waals surface area contributed by atoms with Crippen LogP contribution in [0.3, 0.4) is 0 Å². The highest BCUT2D eigenvalue weighted by Crippen LogP contribution is 2.33. The minimum atomic E-state index is -0.251. The molecule has 0 saturated carbocycles. The van der Waals surface area contributed by atoms with Gasteiger partial charge in [0.15, 0.2) is 0 Å². The second kappa shape index (κ2) is 6.39. The largest absolute Gasteiger partial charge is 0.338 e. The maximum atomic E-state index is 12.0. The Labute approximate surface area is 144 Å². The number of urea groups is 1. The molecule has 2 N–H and O–H groups in total. The Morgan fingerprint density at radius 1 is 1.16 bits per heavy atom. The van der Waals surface area contributed by atoms with Gasteiger partial charge >= 0.3 is 6.03 Å². The number of nitrogens with one attached hydrogen (secondary N) is 2. The van der Waals surface area contributed by atoms with Gasteiger partial charge in [0, 0.05) is 24.7 Å². The number of carbonyl (C=O) groups is 1. The van der Waals surface area contributed by atoms with Crippen LogP contribution in [0.4, 0.5) is 4.79 Å². The summed E-state index contributed by atoms with van der Waals surface area (Å²) in [4.78, 5) is 28.4. The van der Waals surface area contributed by atoms with Crippen molar-refractivity contribution in [3.8, 4) is 0 Å². The molecule has 1 aliphatic rings. The van der Waals surface area contributed by atoms with E-state index in [0.717, 1.165) is 6.42 Å². The van der Waals surface area contributed by atoms with Crippen LogP contribution >= 0.6 is 0 Å². The van der Waals surface area contributed by atoms with Crippen LogP contribution in [0.5, 0.6) is 0 Å². The van der Waals surface area contributed by atoms with Gasteiger partial charge in [0.2, 0.25) is 0 Å². The first-order valence-corrected chi connectivity index (χ1v) is 8.27. The van der Waals surface area contributed by atoms with E-state index in [1.165, 1.54) is 21.6 Å². The number of benzene rings is 1. The molecule has 0 aliphatic heterocycles. The number of amides is 2. The van der Waals surface area contributed by atoms with Gasteiger partial charge in [-0.1, -0.05) is 30.3 Å². The molecule has 4 rings (SSSR count). The minimum absolute atomic E-state index is 0.158. The predicted molar refractivity (Wildman–Crippen MR) is 94.6 cm³/mol. The fourth-order valence-corrected chi connectivity index (χ4v) is 3.19. The van der Waals surface area contributed by atoms with Gasteiger partial charge in [-0.15, -0.1) is 0 Å². The summed E-state index contributed by atoms with van der Waals surface area (Å²) in [6, 6.07) is 14.8. The average molecular weight is 334 g/mol. The molecule has 6 heteroatoms. The summed E-state index contributed by atoms with van der Waals surface area (Å²) < 4.78 is 1.47. The Hall–Kier alpha value is -3.15. The van der Waals surface area contributed by atoms with Gasteiger partial charge in [-0.05, 0) is 29.7 Å². The first-order chi connectivity index (χ1) is 12.2. The second-order valence-corrected chi connectivity index (χ2v) is 6.18. The van der Waals surface area contributed by atoms with Crippen molar-refractivity contribution in [3.63, 3.8) is 0 Å². The van der Waals surface area contributed by atoms with E-state index in [4.69, 9.17) is 0 Å². The summed E-state index contributed by atoms with van der Waals surface area (Å²) in [6.07, 6.45) is 2.67. The quantitative estimate of drug-likeness (QED) is 0.764. The molecule has 0 saturated heterocycles. The molecule has 1 aliphatic carbocycles. The third-order valence-electron chi connectivity index (χ3n) is 4.52. The molecule has 0 bridgehead atoms. The Morgan fingerprint density at radius 3 is 2.88 bits per heavy atom. The maximum absolute atomic E-state index is 12.0. The van der Waals surface area contributed by atoms with Gasteiger partial charge in [-0.25, -0.2) is 9.78 Å². The van der Waals surface area contributed by atoms with Crippen molar-refractivity contribution in [2.24, 2.45) is 0 Å². The molecule has 1 atom stereocenters. The van der Waals surface area contributed by atoms with Crippen molar-refractivity contribution in [2.45, 2.75) is 18.9 Å². The second-order valence-electron chi connectivity index (χ2n) is 6.18. The molecule has 2 amide bonds. The van der Waals surface area contributed by atoms with Gasteiger partial charge in [-0.3, -0.25) is 9.20 Å². The monoisotopic (exact) mass is 334 g/mol. The summed E-state index contributed by atoms with van der Waals surface area (Å²) >= 11 is 0. The Kier molecular flexibility index (Phi) is 3.93. The minimum Gasteiger partial charge on any atom is -0.338 e. The van der Waals surface area contributed by atoms with E-state index in [1.54, 1.807) is 18.3 Å². The van der Waals surface area contributed by atoms with Crippen LogP contribution in [0.15, 0.2) is 59.5 Å². The molecule has 1 unspecified atom stereocenters. The molecule has 1 aromatic carbocycles. The van der Waals surface area contributed by atoms with Crippen molar-refractivity contribution >= 4 is 11.7 Å². The lowest BCUT2D eigenvalue weighted by Crippen LogP contribution is -2.39. The van der Waals surface area contributed by atoms with Crippen molar-refractivity contribution in [1.29, 1.82) is 0 Å². The van der Waals surface area contributed by atoms with Crippen molar-refractivity contribution in [1.82, 2.24) is 20.0 Å². The van der Waals surface area contributed by atoms with Gasteiger partial charge in [0.25, 0.3) is 5.56 Å². The van der Waals surface area contributed by atoms with Crippen molar-refractivity contribution in [3.05, 3.63) is 81.9 Å². The summed E-state index contributed by atoms with van der Waals surface area (Å²) in [5.74, 6) is 0.380. The number of aromatic nitrogens is 2. The number of carbonyl (C=O) groups excluding carboxylic acids is 1. The van der Waals surface area contributed by atoms with Crippen LogP contribution < -0.4 is 16.2 Å². The SMILES string of the molecule is O=C(NCc1cc(=O)n2ccccc2n1)NCC1Cc2ccccc21. The molecule has 0 spiro atoms. The zero-order valence-corrected chi connectivity index (χ0v) is 13.6. The summed E-state index contributed by atoms with van der Waals surface area (Å²) in [5, 5.41) is 5.64. The van der Waals surface area contributed by atoms with E-state index < -0.39 is 0 Å². The van der Waals surface area contributed by atoms with E-state index in [9.17, 15) is 9.59 Å². The molecule has 25 heavy (non-hydrogen) atoms. The predicted octanol–water partition coefficient (Wildman–Crippen LogP) is 1.83.